The Morgan fingerprint density at radius 2 is 2.11 bits per heavy atom. The van der Waals surface area contributed by atoms with Crippen molar-refractivity contribution in [3.8, 4) is 0 Å². The van der Waals surface area contributed by atoms with Gasteiger partial charge in [-0.25, -0.2) is 0 Å². The second-order valence-electron chi connectivity index (χ2n) is 3.99. The van der Waals surface area contributed by atoms with Gasteiger partial charge < -0.3 is 5.73 Å². The molecule has 0 radical (unpaired) electrons. The number of benzene rings is 1. The summed E-state index contributed by atoms with van der Waals surface area (Å²) in [6.07, 6.45) is 1.29. The van der Waals surface area contributed by atoms with Crippen LogP contribution in [0.5, 0.6) is 0 Å². The maximum atomic E-state index is 12.5. The zero-order valence-electron chi connectivity index (χ0n) is 10.4. The predicted octanol–water partition coefficient (Wildman–Crippen LogP) is 1.48. The molecule has 2 aromatic rings. The minimum absolute atomic E-state index is 0.0564. The molecular formula is C11H13ClN4O2S. The highest BCUT2D eigenvalue weighted by Gasteiger charge is 2.27. The van der Waals surface area contributed by atoms with Gasteiger partial charge in [0.1, 0.15) is 0 Å². The van der Waals surface area contributed by atoms with Crippen LogP contribution in [0, 0.1) is 0 Å². The van der Waals surface area contributed by atoms with Gasteiger partial charge in [-0.3, -0.25) is 8.99 Å². The van der Waals surface area contributed by atoms with Crippen molar-refractivity contribution < 1.29 is 8.42 Å². The van der Waals surface area contributed by atoms with Crippen molar-refractivity contribution >= 4 is 33.0 Å². The van der Waals surface area contributed by atoms with E-state index in [9.17, 15) is 8.42 Å². The van der Waals surface area contributed by atoms with Crippen molar-refractivity contribution in [1.82, 2.24) is 9.78 Å². The predicted molar refractivity (Wildman–Crippen MR) is 74.7 cm³/mol. The van der Waals surface area contributed by atoms with Crippen molar-refractivity contribution in [1.29, 1.82) is 0 Å². The summed E-state index contributed by atoms with van der Waals surface area (Å²) in [5.41, 5.74) is 6.59. The van der Waals surface area contributed by atoms with Gasteiger partial charge in [0.05, 0.1) is 16.9 Å². The molecule has 0 amide bonds. The van der Waals surface area contributed by atoms with Gasteiger partial charge in [0.15, 0.2) is 5.03 Å². The minimum Gasteiger partial charge on any atom is -0.399 e. The molecule has 8 heteroatoms. The highest BCUT2D eigenvalue weighted by Crippen LogP contribution is 2.27. The second-order valence-corrected chi connectivity index (χ2v) is 6.28. The second kappa shape index (κ2) is 4.75. The van der Waals surface area contributed by atoms with Gasteiger partial charge in [0, 0.05) is 19.8 Å². The minimum atomic E-state index is -3.78. The zero-order valence-corrected chi connectivity index (χ0v) is 12.0. The molecule has 0 aliphatic carbocycles. The lowest BCUT2D eigenvalue weighted by Crippen LogP contribution is -2.28. The number of rotatable bonds is 3. The van der Waals surface area contributed by atoms with Crippen LogP contribution in [0.25, 0.3) is 0 Å². The third kappa shape index (κ3) is 2.39. The molecule has 0 atom stereocenters. The molecule has 2 N–H and O–H groups in total. The summed E-state index contributed by atoms with van der Waals surface area (Å²) in [5, 5.41) is 3.86. The molecule has 0 aliphatic heterocycles. The van der Waals surface area contributed by atoms with E-state index in [0.29, 0.717) is 11.4 Å². The molecule has 1 aromatic carbocycles. The first kappa shape index (κ1) is 13.7. The van der Waals surface area contributed by atoms with Crippen molar-refractivity contribution in [2.75, 3.05) is 17.1 Å². The van der Waals surface area contributed by atoms with Crippen LogP contribution in [-0.2, 0) is 17.1 Å². The number of sulfonamides is 1. The first-order chi connectivity index (χ1) is 8.84. The van der Waals surface area contributed by atoms with E-state index < -0.39 is 10.0 Å². The number of anilines is 2. The van der Waals surface area contributed by atoms with Gasteiger partial charge in [0.25, 0.3) is 10.0 Å². The van der Waals surface area contributed by atoms with E-state index in [1.165, 1.54) is 25.0 Å². The van der Waals surface area contributed by atoms with Crippen LogP contribution in [0.3, 0.4) is 0 Å². The molecule has 0 saturated heterocycles. The molecule has 0 unspecified atom stereocenters. The Bertz CT molecular complexity index is 692. The molecule has 0 saturated carbocycles. The molecule has 1 aromatic heterocycles. The molecule has 2 rings (SSSR count). The fourth-order valence-corrected chi connectivity index (χ4v) is 3.47. The molecular weight excluding hydrogens is 288 g/mol. The van der Waals surface area contributed by atoms with Crippen molar-refractivity contribution in [3.63, 3.8) is 0 Å². The number of nitrogens with two attached hydrogens (primary N) is 1. The normalized spacial score (nSPS) is 11.5. The maximum absolute atomic E-state index is 12.5. The fourth-order valence-electron chi connectivity index (χ4n) is 1.68. The molecule has 0 aliphatic rings. The summed E-state index contributed by atoms with van der Waals surface area (Å²) in [6.45, 7) is 0. The third-order valence-corrected chi connectivity index (χ3v) is 4.97. The first-order valence-electron chi connectivity index (χ1n) is 5.36. The Morgan fingerprint density at radius 3 is 2.63 bits per heavy atom. The third-order valence-electron chi connectivity index (χ3n) is 2.68. The van der Waals surface area contributed by atoms with Crippen LogP contribution in [0.15, 0.2) is 35.5 Å². The number of aromatic nitrogens is 2. The van der Waals surface area contributed by atoms with Crippen LogP contribution in [0.4, 0.5) is 11.4 Å². The van der Waals surface area contributed by atoms with Crippen LogP contribution < -0.4 is 10.0 Å². The van der Waals surface area contributed by atoms with Gasteiger partial charge in [-0.2, -0.15) is 13.5 Å². The average molecular weight is 301 g/mol. The average Bonchev–Trinajstić information content (AvgIpc) is 2.68. The summed E-state index contributed by atoms with van der Waals surface area (Å²) in [6, 6.07) is 6.59. The summed E-state index contributed by atoms with van der Waals surface area (Å²) in [7, 11) is -0.823. The van der Waals surface area contributed by atoms with Crippen LogP contribution in [0.2, 0.25) is 5.02 Å². The van der Waals surface area contributed by atoms with Gasteiger partial charge in [-0.1, -0.05) is 17.7 Å². The van der Waals surface area contributed by atoms with Crippen LogP contribution >= 0.6 is 11.6 Å². The SMILES string of the molecule is CN(c1cccc(N)c1)S(=O)(=O)c1c(Cl)cnn1C. The van der Waals surface area contributed by atoms with Crippen molar-refractivity contribution in [2.45, 2.75) is 5.03 Å². The van der Waals surface area contributed by atoms with E-state index >= 15 is 0 Å². The highest BCUT2D eigenvalue weighted by atomic mass is 35.5. The van der Waals surface area contributed by atoms with Gasteiger partial charge >= 0.3 is 0 Å². The van der Waals surface area contributed by atoms with E-state index in [1.54, 1.807) is 24.3 Å². The fraction of sp³-hybridized carbons (Fsp3) is 0.182. The largest absolute Gasteiger partial charge is 0.399 e. The smallest absolute Gasteiger partial charge is 0.282 e. The van der Waals surface area contributed by atoms with Crippen molar-refractivity contribution in [2.24, 2.45) is 7.05 Å². The number of aryl methyl sites for hydroxylation is 1. The summed E-state index contributed by atoms with van der Waals surface area (Å²) in [5.74, 6) is 0. The topological polar surface area (TPSA) is 81.2 Å². The zero-order chi connectivity index (χ0) is 14.2. The summed E-state index contributed by atoms with van der Waals surface area (Å²) in [4.78, 5) is 0. The molecule has 0 bridgehead atoms. The molecule has 6 nitrogen and oxygen atoms in total. The first-order valence-corrected chi connectivity index (χ1v) is 7.18. The molecule has 1 heterocycles. The van der Waals surface area contributed by atoms with Crippen LogP contribution in [-0.4, -0.2) is 25.2 Å². The van der Waals surface area contributed by atoms with E-state index in [2.05, 4.69) is 5.10 Å². The highest BCUT2D eigenvalue weighted by molar-refractivity contribution is 7.92. The molecule has 19 heavy (non-hydrogen) atoms. The number of halogens is 1. The summed E-state index contributed by atoms with van der Waals surface area (Å²) >= 11 is 5.88. The Morgan fingerprint density at radius 1 is 1.42 bits per heavy atom. The van der Waals surface area contributed by atoms with Gasteiger partial charge in [-0.15, -0.1) is 0 Å². The van der Waals surface area contributed by atoms with Crippen LogP contribution in [0.1, 0.15) is 0 Å². The maximum Gasteiger partial charge on any atom is 0.282 e. The summed E-state index contributed by atoms with van der Waals surface area (Å²) < 4.78 is 27.3. The number of nitrogen functional groups attached to an aromatic ring is 1. The lowest BCUT2D eigenvalue weighted by Gasteiger charge is -2.19. The Kier molecular flexibility index (Phi) is 3.42. The quantitative estimate of drug-likeness (QED) is 0.871. The number of hydrogen-bond acceptors (Lipinski definition) is 4. The Hall–Kier alpha value is -1.73. The lowest BCUT2D eigenvalue weighted by molar-refractivity contribution is 0.575. The monoisotopic (exact) mass is 300 g/mol. The number of nitrogens with zero attached hydrogens (tertiary/aromatic N) is 3. The van der Waals surface area contributed by atoms with E-state index in [-0.39, 0.29) is 10.0 Å². The van der Waals surface area contributed by atoms with E-state index in [1.807, 2.05) is 0 Å². The van der Waals surface area contributed by atoms with Crippen molar-refractivity contribution in [3.05, 3.63) is 35.5 Å². The Balaban J connectivity index is 2.52. The molecule has 0 fully saturated rings. The Labute approximate surface area is 116 Å². The van der Waals surface area contributed by atoms with E-state index in [0.717, 1.165) is 4.31 Å². The standard InChI is InChI=1S/C11H13ClN4O2S/c1-15-11(10(12)7-14-15)19(17,18)16(2)9-5-3-4-8(13)6-9/h3-7H,13H2,1-2H3. The molecule has 102 valence electrons. The molecule has 0 spiro atoms. The van der Waals surface area contributed by atoms with E-state index in [4.69, 9.17) is 17.3 Å². The van der Waals surface area contributed by atoms with Gasteiger partial charge in [0.2, 0.25) is 0 Å². The number of hydrogen-bond donors (Lipinski definition) is 1. The lowest BCUT2D eigenvalue weighted by atomic mass is 10.3. The van der Waals surface area contributed by atoms with Gasteiger partial charge in [-0.05, 0) is 18.2 Å².